The molecule has 1 unspecified atom stereocenters. The van der Waals surface area contributed by atoms with Gasteiger partial charge in [-0.3, -0.25) is 4.79 Å². The number of nitrogens with zero attached hydrogens (tertiary/aromatic N) is 5. The van der Waals surface area contributed by atoms with Gasteiger partial charge in [0.1, 0.15) is 24.5 Å². The zero-order valence-electron chi connectivity index (χ0n) is 15.1. The van der Waals surface area contributed by atoms with Crippen LogP contribution in [-0.2, 0) is 16.1 Å². The van der Waals surface area contributed by atoms with Gasteiger partial charge in [0.15, 0.2) is 5.65 Å². The summed E-state index contributed by atoms with van der Waals surface area (Å²) in [6.07, 6.45) is 3.95. The maximum atomic E-state index is 13.4. The average molecular weight is 405 g/mol. The fourth-order valence-corrected chi connectivity index (χ4v) is 3.47. The van der Waals surface area contributed by atoms with Crippen molar-refractivity contribution in [3.63, 3.8) is 0 Å². The Hall–Kier alpha value is -2.94. The quantitative estimate of drug-likeness (QED) is 0.654. The molecule has 0 bridgehead atoms. The van der Waals surface area contributed by atoms with Crippen molar-refractivity contribution in [2.45, 2.75) is 19.0 Å². The zero-order valence-corrected chi connectivity index (χ0v) is 15.9. The van der Waals surface area contributed by atoms with Crippen LogP contribution in [0.5, 0.6) is 0 Å². The fourth-order valence-electron chi connectivity index (χ4n) is 3.30. The van der Waals surface area contributed by atoms with Crippen LogP contribution >= 0.6 is 11.6 Å². The van der Waals surface area contributed by atoms with Crippen LogP contribution in [0, 0.1) is 5.82 Å². The molecule has 1 aliphatic heterocycles. The van der Waals surface area contributed by atoms with Crippen LogP contribution < -0.4 is 10.2 Å². The predicted molar refractivity (Wildman–Crippen MR) is 103 cm³/mol. The summed E-state index contributed by atoms with van der Waals surface area (Å²) in [7, 11) is 1.33. The molecule has 0 saturated carbocycles. The highest BCUT2D eigenvalue weighted by molar-refractivity contribution is 6.31. The van der Waals surface area contributed by atoms with Gasteiger partial charge in [0.05, 0.1) is 23.7 Å². The number of anilines is 2. The van der Waals surface area contributed by atoms with Crippen LogP contribution in [0.3, 0.4) is 0 Å². The molecule has 2 aromatic heterocycles. The maximum absolute atomic E-state index is 13.4. The highest BCUT2D eigenvalue weighted by Gasteiger charge is 2.24. The molecule has 3 heterocycles. The molecule has 1 saturated heterocycles. The molecule has 1 N–H and O–H groups in total. The largest absolute Gasteiger partial charge is 0.468 e. The Morgan fingerprint density at radius 3 is 3.07 bits per heavy atom. The van der Waals surface area contributed by atoms with Gasteiger partial charge in [-0.15, -0.1) is 0 Å². The number of methoxy groups -OCH3 is 1. The monoisotopic (exact) mass is 404 g/mol. The van der Waals surface area contributed by atoms with Gasteiger partial charge in [-0.1, -0.05) is 11.6 Å². The second kappa shape index (κ2) is 7.59. The normalized spacial score (nSPS) is 16.5. The third kappa shape index (κ3) is 3.57. The van der Waals surface area contributed by atoms with E-state index in [-0.39, 0.29) is 17.6 Å². The lowest BCUT2D eigenvalue weighted by molar-refractivity contribution is -0.141. The van der Waals surface area contributed by atoms with Crippen molar-refractivity contribution in [1.82, 2.24) is 19.7 Å². The number of esters is 1. The minimum Gasteiger partial charge on any atom is -0.468 e. The molecule has 28 heavy (non-hydrogen) atoms. The van der Waals surface area contributed by atoms with E-state index >= 15 is 0 Å². The van der Waals surface area contributed by atoms with E-state index in [1.165, 1.54) is 24.2 Å². The Kier molecular flexibility index (Phi) is 4.99. The Bertz CT molecular complexity index is 1030. The summed E-state index contributed by atoms with van der Waals surface area (Å²) in [5, 5.41) is 8.48. The van der Waals surface area contributed by atoms with E-state index in [0.29, 0.717) is 11.5 Å². The Labute approximate surface area is 165 Å². The van der Waals surface area contributed by atoms with E-state index in [9.17, 15) is 9.18 Å². The maximum Gasteiger partial charge on any atom is 0.327 e. The Balaban J connectivity index is 1.49. The second-order valence-corrected chi connectivity index (χ2v) is 6.92. The zero-order chi connectivity index (χ0) is 19.7. The summed E-state index contributed by atoms with van der Waals surface area (Å²) in [4.78, 5) is 22.2. The van der Waals surface area contributed by atoms with Crippen LogP contribution in [0.4, 0.5) is 15.9 Å². The van der Waals surface area contributed by atoms with Gasteiger partial charge in [0.25, 0.3) is 0 Å². The summed E-state index contributed by atoms with van der Waals surface area (Å²) in [6, 6.07) is 4.88. The SMILES string of the molecule is COC(=O)Cn1ncc2c(NC3CCN(c4ccc(F)c(Cl)c4)C3)ncnc21. The summed E-state index contributed by atoms with van der Waals surface area (Å²) in [5.41, 5.74) is 1.44. The minimum absolute atomic E-state index is 0.0149. The average Bonchev–Trinajstić information content (AvgIpc) is 3.32. The van der Waals surface area contributed by atoms with Gasteiger partial charge in [0.2, 0.25) is 0 Å². The molecule has 4 rings (SSSR count). The first kappa shape index (κ1) is 18.4. The lowest BCUT2D eigenvalue weighted by atomic mass is 10.2. The first-order chi connectivity index (χ1) is 13.5. The van der Waals surface area contributed by atoms with E-state index in [2.05, 4.69) is 30.0 Å². The number of carbonyl (C=O) groups is 1. The van der Waals surface area contributed by atoms with E-state index in [4.69, 9.17) is 11.6 Å². The molecule has 0 amide bonds. The number of carbonyl (C=O) groups excluding carboxylic acids is 1. The van der Waals surface area contributed by atoms with Crippen molar-refractivity contribution < 1.29 is 13.9 Å². The molecule has 0 spiro atoms. The van der Waals surface area contributed by atoms with Crippen molar-refractivity contribution in [2.75, 3.05) is 30.4 Å². The molecule has 1 aromatic carbocycles. The van der Waals surface area contributed by atoms with Gasteiger partial charge < -0.3 is 15.0 Å². The number of aromatic nitrogens is 4. The molecule has 3 aromatic rings. The van der Waals surface area contributed by atoms with Gasteiger partial charge in [-0.05, 0) is 24.6 Å². The molecule has 1 atom stereocenters. The molecule has 0 radical (unpaired) electrons. The van der Waals surface area contributed by atoms with Crippen molar-refractivity contribution in [1.29, 1.82) is 0 Å². The Morgan fingerprint density at radius 2 is 2.29 bits per heavy atom. The van der Waals surface area contributed by atoms with Gasteiger partial charge >= 0.3 is 5.97 Å². The van der Waals surface area contributed by atoms with E-state index in [1.54, 1.807) is 18.3 Å². The standard InChI is InChI=1S/C18H18ClFN6O2/c1-28-16(27)9-26-18-13(7-23-26)17(21-10-22-18)24-11-4-5-25(8-11)12-2-3-15(20)14(19)6-12/h2-3,6-7,10-11H,4-5,8-9H2,1H3,(H,21,22,24). The molecule has 1 fully saturated rings. The minimum atomic E-state index is -0.424. The van der Waals surface area contributed by atoms with Crippen molar-refractivity contribution in [2.24, 2.45) is 0 Å². The van der Waals surface area contributed by atoms with Crippen molar-refractivity contribution >= 4 is 40.1 Å². The molecule has 10 heteroatoms. The topological polar surface area (TPSA) is 85.2 Å². The van der Waals surface area contributed by atoms with Crippen LogP contribution in [-0.4, -0.2) is 52.0 Å². The van der Waals surface area contributed by atoms with E-state index in [1.807, 2.05) is 0 Å². The molecular formula is C18H18ClFN6O2. The van der Waals surface area contributed by atoms with Crippen molar-refractivity contribution in [3.05, 3.63) is 41.6 Å². The summed E-state index contributed by atoms with van der Waals surface area (Å²) < 4.78 is 19.6. The summed E-state index contributed by atoms with van der Waals surface area (Å²) >= 11 is 5.90. The first-order valence-electron chi connectivity index (χ1n) is 8.75. The smallest absolute Gasteiger partial charge is 0.327 e. The van der Waals surface area contributed by atoms with Gasteiger partial charge in [-0.25, -0.2) is 19.0 Å². The number of hydrogen-bond acceptors (Lipinski definition) is 7. The van der Waals surface area contributed by atoms with Crippen molar-refractivity contribution in [3.8, 4) is 0 Å². The number of halogens is 2. The molecular weight excluding hydrogens is 387 g/mol. The van der Waals surface area contributed by atoms with Gasteiger partial charge in [-0.2, -0.15) is 5.10 Å². The third-order valence-electron chi connectivity index (χ3n) is 4.74. The molecule has 146 valence electrons. The lowest BCUT2D eigenvalue weighted by Crippen LogP contribution is -2.26. The number of nitrogens with one attached hydrogen (secondary N) is 1. The molecule has 0 aliphatic carbocycles. The van der Waals surface area contributed by atoms with Crippen LogP contribution in [0.1, 0.15) is 6.42 Å². The van der Waals surface area contributed by atoms with Crippen LogP contribution in [0.2, 0.25) is 5.02 Å². The number of benzene rings is 1. The number of ether oxygens (including phenoxy) is 1. The fraction of sp³-hybridized carbons (Fsp3) is 0.333. The Morgan fingerprint density at radius 1 is 1.43 bits per heavy atom. The second-order valence-electron chi connectivity index (χ2n) is 6.51. The predicted octanol–water partition coefficient (Wildman–Crippen LogP) is 2.48. The van der Waals surface area contributed by atoms with Crippen LogP contribution in [0.25, 0.3) is 11.0 Å². The number of fused-ring (bicyclic) bond motifs is 1. The number of hydrogen-bond donors (Lipinski definition) is 1. The summed E-state index contributed by atoms with van der Waals surface area (Å²) in [6.45, 7) is 1.53. The molecule has 1 aliphatic rings. The highest BCUT2D eigenvalue weighted by atomic mass is 35.5. The summed E-state index contributed by atoms with van der Waals surface area (Å²) in [5.74, 6) is -0.167. The number of rotatable bonds is 5. The molecule has 8 nitrogen and oxygen atoms in total. The highest BCUT2D eigenvalue weighted by Crippen LogP contribution is 2.27. The van der Waals surface area contributed by atoms with E-state index < -0.39 is 11.8 Å². The van der Waals surface area contributed by atoms with E-state index in [0.717, 1.165) is 30.6 Å². The third-order valence-corrected chi connectivity index (χ3v) is 5.03. The first-order valence-corrected chi connectivity index (χ1v) is 9.13. The van der Waals surface area contributed by atoms with Crippen LogP contribution in [0.15, 0.2) is 30.7 Å². The lowest BCUT2D eigenvalue weighted by Gasteiger charge is -2.19. The van der Waals surface area contributed by atoms with Gasteiger partial charge in [0, 0.05) is 24.8 Å².